The number of aliphatic hydroxyl groups excluding tert-OH is 1. The van der Waals surface area contributed by atoms with E-state index in [0.29, 0.717) is 13.0 Å². The second kappa shape index (κ2) is 5.69. The lowest BCUT2D eigenvalue weighted by atomic mass is 9.84. The van der Waals surface area contributed by atoms with Crippen LogP contribution in [0.1, 0.15) is 17.4 Å². The quantitative estimate of drug-likeness (QED) is 0.865. The van der Waals surface area contributed by atoms with Crippen molar-refractivity contribution in [2.45, 2.75) is 12.5 Å². The molecule has 3 atom stereocenters. The average molecular weight is 286 g/mol. The Morgan fingerprint density at radius 3 is 2.86 bits per heavy atom. The first-order chi connectivity index (χ1) is 10.2. The van der Waals surface area contributed by atoms with Crippen LogP contribution in [0.5, 0.6) is 0 Å². The Balaban J connectivity index is 1.81. The predicted molar refractivity (Wildman–Crippen MR) is 76.3 cm³/mol. The lowest BCUT2D eigenvalue weighted by Crippen LogP contribution is -2.26. The molecule has 1 N–H and O–H groups in total. The molecule has 0 amide bonds. The van der Waals surface area contributed by atoms with E-state index in [9.17, 15) is 9.90 Å². The fourth-order valence-electron chi connectivity index (χ4n) is 2.86. The fourth-order valence-corrected chi connectivity index (χ4v) is 2.86. The molecule has 0 saturated carbocycles. The lowest BCUT2D eigenvalue weighted by Gasteiger charge is -2.21. The highest BCUT2D eigenvalue weighted by atomic mass is 16.5. The Labute approximate surface area is 123 Å². The number of hydrogen-bond donors (Lipinski definition) is 1. The van der Waals surface area contributed by atoms with E-state index in [1.165, 1.54) is 0 Å². The minimum atomic E-state index is -0.834. The number of hydrogen-bond acceptors (Lipinski definition) is 4. The molecule has 5 nitrogen and oxygen atoms in total. The SMILES string of the molecule is Cn1cncc1C[C@H]1COC(=O)[C@@H]1[C@@H](O)c1ccccc1. The van der Waals surface area contributed by atoms with Gasteiger partial charge in [-0.2, -0.15) is 0 Å². The van der Waals surface area contributed by atoms with Gasteiger partial charge < -0.3 is 14.4 Å². The number of aliphatic hydroxyl groups is 1. The van der Waals surface area contributed by atoms with Crippen LogP contribution in [0.2, 0.25) is 0 Å². The Morgan fingerprint density at radius 2 is 2.19 bits per heavy atom. The first-order valence-corrected chi connectivity index (χ1v) is 7.01. The van der Waals surface area contributed by atoms with E-state index < -0.39 is 12.0 Å². The van der Waals surface area contributed by atoms with Gasteiger partial charge in [-0.1, -0.05) is 30.3 Å². The summed E-state index contributed by atoms with van der Waals surface area (Å²) >= 11 is 0. The summed E-state index contributed by atoms with van der Waals surface area (Å²) in [6.45, 7) is 0.346. The van der Waals surface area contributed by atoms with Crippen LogP contribution in [0, 0.1) is 11.8 Å². The molecule has 1 aromatic heterocycles. The van der Waals surface area contributed by atoms with Gasteiger partial charge in [-0.3, -0.25) is 4.79 Å². The average Bonchev–Trinajstić information content (AvgIpc) is 3.06. The maximum absolute atomic E-state index is 12.0. The second-order valence-electron chi connectivity index (χ2n) is 5.47. The number of rotatable bonds is 4. The van der Waals surface area contributed by atoms with Crippen LogP contribution in [0.25, 0.3) is 0 Å². The number of nitrogens with zero attached hydrogens (tertiary/aromatic N) is 2. The number of carbonyl (C=O) groups is 1. The van der Waals surface area contributed by atoms with Crippen molar-refractivity contribution in [3.63, 3.8) is 0 Å². The van der Waals surface area contributed by atoms with E-state index in [4.69, 9.17) is 4.74 Å². The summed E-state index contributed by atoms with van der Waals surface area (Å²) in [6.07, 6.45) is 3.35. The van der Waals surface area contributed by atoms with Crippen molar-refractivity contribution >= 4 is 5.97 Å². The molecule has 0 radical (unpaired) electrons. The van der Waals surface area contributed by atoms with Gasteiger partial charge in [-0.25, -0.2) is 4.98 Å². The molecule has 2 aromatic rings. The molecule has 0 unspecified atom stereocenters. The summed E-state index contributed by atoms with van der Waals surface area (Å²) in [7, 11) is 1.92. The van der Waals surface area contributed by atoms with Gasteiger partial charge >= 0.3 is 5.97 Å². The molecule has 1 aliphatic rings. The molecule has 2 heterocycles. The van der Waals surface area contributed by atoms with Crippen molar-refractivity contribution in [1.29, 1.82) is 0 Å². The van der Waals surface area contributed by atoms with E-state index in [-0.39, 0.29) is 11.9 Å². The summed E-state index contributed by atoms with van der Waals surface area (Å²) in [5.41, 5.74) is 1.78. The zero-order chi connectivity index (χ0) is 14.8. The van der Waals surface area contributed by atoms with Crippen LogP contribution in [-0.2, 0) is 23.0 Å². The summed E-state index contributed by atoms with van der Waals surface area (Å²) in [5, 5.41) is 10.5. The third kappa shape index (κ3) is 2.69. The van der Waals surface area contributed by atoms with Gasteiger partial charge in [-0.05, 0) is 12.0 Å². The van der Waals surface area contributed by atoms with E-state index in [0.717, 1.165) is 11.3 Å². The first-order valence-electron chi connectivity index (χ1n) is 7.01. The number of esters is 1. The molecule has 110 valence electrons. The highest BCUT2D eigenvalue weighted by Crippen LogP contribution is 2.35. The molecule has 5 heteroatoms. The Hall–Kier alpha value is -2.14. The normalized spacial score (nSPS) is 23.0. The van der Waals surface area contributed by atoms with E-state index in [2.05, 4.69) is 4.98 Å². The fraction of sp³-hybridized carbons (Fsp3) is 0.375. The maximum atomic E-state index is 12.0. The molecule has 3 rings (SSSR count). The molecular weight excluding hydrogens is 268 g/mol. The summed E-state index contributed by atoms with van der Waals surface area (Å²) in [6, 6.07) is 9.26. The van der Waals surface area contributed by atoms with Gasteiger partial charge in [-0.15, -0.1) is 0 Å². The Kier molecular flexibility index (Phi) is 3.75. The van der Waals surface area contributed by atoms with Crippen LogP contribution in [0.4, 0.5) is 0 Å². The summed E-state index contributed by atoms with van der Waals surface area (Å²) < 4.78 is 7.11. The van der Waals surface area contributed by atoms with Crippen LogP contribution in [0.15, 0.2) is 42.9 Å². The topological polar surface area (TPSA) is 64.4 Å². The first kappa shape index (κ1) is 13.8. The number of aryl methyl sites for hydroxylation is 1. The molecule has 1 fully saturated rings. The molecule has 1 saturated heterocycles. The highest BCUT2D eigenvalue weighted by Gasteiger charge is 2.42. The summed E-state index contributed by atoms with van der Waals surface area (Å²) in [5.74, 6) is -0.885. The molecule has 1 aliphatic heterocycles. The predicted octanol–water partition coefficient (Wildman–Crippen LogP) is 1.49. The van der Waals surface area contributed by atoms with Crippen molar-refractivity contribution < 1.29 is 14.6 Å². The van der Waals surface area contributed by atoms with Crippen LogP contribution in [0.3, 0.4) is 0 Å². The number of imidazole rings is 1. The van der Waals surface area contributed by atoms with Gasteiger partial charge in [0.2, 0.25) is 0 Å². The number of aromatic nitrogens is 2. The van der Waals surface area contributed by atoms with Gasteiger partial charge in [0.15, 0.2) is 0 Å². The number of carbonyl (C=O) groups excluding carboxylic acids is 1. The monoisotopic (exact) mass is 286 g/mol. The molecule has 0 spiro atoms. The summed E-state index contributed by atoms with van der Waals surface area (Å²) in [4.78, 5) is 16.1. The molecule has 21 heavy (non-hydrogen) atoms. The van der Waals surface area contributed by atoms with Gasteiger partial charge in [0.25, 0.3) is 0 Å². The van der Waals surface area contributed by atoms with Crippen molar-refractivity contribution in [2.24, 2.45) is 18.9 Å². The zero-order valence-electron chi connectivity index (χ0n) is 11.8. The third-order valence-electron chi connectivity index (χ3n) is 4.09. The standard InChI is InChI=1S/C16H18N2O3/c1-18-10-17-8-13(18)7-12-9-21-16(20)14(12)15(19)11-5-3-2-4-6-11/h2-6,8,10,12,14-15,19H,7,9H2,1H3/t12-,14-,15-/m0/s1. The zero-order valence-corrected chi connectivity index (χ0v) is 11.8. The minimum absolute atomic E-state index is 0.0388. The number of ether oxygens (including phenoxy) is 1. The largest absolute Gasteiger partial charge is 0.465 e. The Morgan fingerprint density at radius 1 is 1.43 bits per heavy atom. The molecule has 0 aliphatic carbocycles. The van der Waals surface area contributed by atoms with Crippen molar-refractivity contribution in [1.82, 2.24) is 9.55 Å². The number of benzene rings is 1. The van der Waals surface area contributed by atoms with E-state index in [1.54, 1.807) is 12.5 Å². The van der Waals surface area contributed by atoms with Crippen LogP contribution >= 0.6 is 0 Å². The van der Waals surface area contributed by atoms with E-state index >= 15 is 0 Å². The lowest BCUT2D eigenvalue weighted by molar-refractivity contribution is -0.144. The van der Waals surface area contributed by atoms with Crippen molar-refractivity contribution in [3.8, 4) is 0 Å². The van der Waals surface area contributed by atoms with Gasteiger partial charge in [0.1, 0.15) is 0 Å². The smallest absolute Gasteiger partial charge is 0.312 e. The highest BCUT2D eigenvalue weighted by molar-refractivity contribution is 5.75. The van der Waals surface area contributed by atoms with Gasteiger partial charge in [0, 0.05) is 24.9 Å². The van der Waals surface area contributed by atoms with Crippen molar-refractivity contribution in [3.05, 3.63) is 54.1 Å². The molecule has 1 aromatic carbocycles. The number of cyclic esters (lactones) is 1. The minimum Gasteiger partial charge on any atom is -0.465 e. The second-order valence-corrected chi connectivity index (χ2v) is 5.47. The van der Waals surface area contributed by atoms with Crippen LogP contribution < -0.4 is 0 Å². The van der Waals surface area contributed by atoms with Crippen molar-refractivity contribution in [2.75, 3.05) is 6.61 Å². The molecular formula is C16H18N2O3. The third-order valence-corrected chi connectivity index (χ3v) is 4.09. The molecule has 0 bridgehead atoms. The maximum Gasteiger partial charge on any atom is 0.312 e. The van der Waals surface area contributed by atoms with Gasteiger partial charge in [0.05, 0.1) is 25.0 Å². The van der Waals surface area contributed by atoms with E-state index in [1.807, 2.05) is 41.9 Å². The Bertz CT molecular complexity index is 623. The van der Waals surface area contributed by atoms with Crippen LogP contribution in [-0.4, -0.2) is 27.2 Å².